The highest BCUT2D eigenvalue weighted by Crippen LogP contribution is 2.25. The van der Waals surface area contributed by atoms with E-state index in [4.69, 9.17) is 11.6 Å². The number of halogens is 1. The molecule has 0 saturated carbocycles. The third-order valence-corrected chi connectivity index (χ3v) is 4.04. The van der Waals surface area contributed by atoms with E-state index in [0.717, 1.165) is 39.8 Å². The van der Waals surface area contributed by atoms with E-state index in [1.807, 2.05) is 31.2 Å². The van der Waals surface area contributed by atoms with E-state index in [-0.39, 0.29) is 0 Å². The average molecular weight is 298 g/mol. The lowest BCUT2D eigenvalue weighted by Crippen LogP contribution is -2.01. The van der Waals surface area contributed by atoms with Crippen molar-refractivity contribution in [1.29, 1.82) is 0 Å². The molecule has 2 heterocycles. The van der Waals surface area contributed by atoms with Crippen LogP contribution in [0.1, 0.15) is 23.7 Å². The summed E-state index contributed by atoms with van der Waals surface area (Å²) in [5.41, 5.74) is 4.79. The summed E-state index contributed by atoms with van der Waals surface area (Å²) in [6, 6.07) is 10.1. The summed E-state index contributed by atoms with van der Waals surface area (Å²) in [5.74, 6) is 0.594. The van der Waals surface area contributed by atoms with Crippen molar-refractivity contribution in [1.82, 2.24) is 15.0 Å². The van der Waals surface area contributed by atoms with Crippen LogP contribution in [0.2, 0.25) is 5.15 Å². The predicted octanol–water partition coefficient (Wildman–Crippen LogP) is 4.52. The van der Waals surface area contributed by atoms with Crippen LogP contribution in [0.5, 0.6) is 0 Å². The minimum absolute atomic E-state index is 0.504. The number of fused-ring (bicyclic) bond motifs is 1. The van der Waals surface area contributed by atoms with Gasteiger partial charge in [0.2, 0.25) is 0 Å². The number of nitrogens with zero attached hydrogens (tertiary/aromatic N) is 3. The Morgan fingerprint density at radius 1 is 1.05 bits per heavy atom. The lowest BCUT2D eigenvalue weighted by molar-refractivity contribution is 0.972. The van der Waals surface area contributed by atoms with Gasteiger partial charge in [-0.1, -0.05) is 36.7 Å². The van der Waals surface area contributed by atoms with Gasteiger partial charge in [-0.15, -0.1) is 0 Å². The molecule has 3 rings (SSSR count). The SMILES string of the molecule is CCc1nc(-c2cc(C)c3ccccc3n2)nc(Cl)c1C. The first-order valence-electron chi connectivity index (χ1n) is 7.00. The van der Waals surface area contributed by atoms with Gasteiger partial charge in [0.15, 0.2) is 5.82 Å². The zero-order valence-corrected chi connectivity index (χ0v) is 13.1. The van der Waals surface area contributed by atoms with Crippen LogP contribution in [-0.4, -0.2) is 15.0 Å². The Labute approximate surface area is 129 Å². The zero-order chi connectivity index (χ0) is 15.0. The summed E-state index contributed by atoms with van der Waals surface area (Å²) in [6.07, 6.45) is 0.827. The minimum atomic E-state index is 0.504. The standard InChI is InChI=1S/C17H16ClN3/c1-4-13-11(3)16(18)21-17(20-13)15-9-10(2)12-7-5-6-8-14(12)19-15/h5-9H,4H2,1-3H3. The molecule has 4 heteroatoms. The Morgan fingerprint density at radius 2 is 1.81 bits per heavy atom. The summed E-state index contributed by atoms with van der Waals surface area (Å²) in [5, 5.41) is 1.65. The molecule has 0 radical (unpaired) electrons. The Morgan fingerprint density at radius 3 is 2.57 bits per heavy atom. The number of benzene rings is 1. The fourth-order valence-corrected chi connectivity index (χ4v) is 2.64. The maximum absolute atomic E-state index is 6.23. The van der Waals surface area contributed by atoms with Crippen molar-refractivity contribution in [3.8, 4) is 11.5 Å². The first-order valence-corrected chi connectivity index (χ1v) is 7.37. The number of aryl methyl sites for hydroxylation is 2. The molecular weight excluding hydrogens is 282 g/mol. The molecule has 0 bridgehead atoms. The lowest BCUT2D eigenvalue weighted by Gasteiger charge is -2.09. The number of para-hydroxylation sites is 1. The summed E-state index contributed by atoms with van der Waals surface area (Å²) in [4.78, 5) is 13.7. The molecule has 0 aliphatic carbocycles. The van der Waals surface area contributed by atoms with Crippen molar-refractivity contribution in [2.75, 3.05) is 0 Å². The molecule has 0 fully saturated rings. The van der Waals surface area contributed by atoms with Gasteiger partial charge in [0.05, 0.1) is 5.52 Å². The van der Waals surface area contributed by atoms with Gasteiger partial charge in [-0.25, -0.2) is 15.0 Å². The monoisotopic (exact) mass is 297 g/mol. The van der Waals surface area contributed by atoms with E-state index in [9.17, 15) is 0 Å². The molecule has 106 valence electrons. The van der Waals surface area contributed by atoms with Crippen molar-refractivity contribution in [3.63, 3.8) is 0 Å². The van der Waals surface area contributed by atoms with E-state index >= 15 is 0 Å². The molecule has 2 aromatic heterocycles. The number of hydrogen-bond acceptors (Lipinski definition) is 3. The van der Waals surface area contributed by atoms with Gasteiger partial charge in [0, 0.05) is 16.6 Å². The molecule has 1 aromatic carbocycles. The van der Waals surface area contributed by atoms with Crippen LogP contribution in [0.15, 0.2) is 30.3 Å². The molecule has 0 spiro atoms. The molecule has 21 heavy (non-hydrogen) atoms. The molecule has 0 aliphatic rings. The molecule has 0 amide bonds. The highest BCUT2D eigenvalue weighted by molar-refractivity contribution is 6.30. The molecule has 0 unspecified atom stereocenters. The number of aromatic nitrogens is 3. The number of pyridine rings is 1. The third kappa shape index (κ3) is 2.49. The summed E-state index contributed by atoms with van der Waals surface area (Å²) < 4.78 is 0. The third-order valence-electron chi connectivity index (χ3n) is 3.67. The average Bonchev–Trinajstić information content (AvgIpc) is 2.50. The Balaban J connectivity index is 2.23. The Bertz CT molecular complexity index is 828. The van der Waals surface area contributed by atoms with Crippen LogP contribution in [0, 0.1) is 13.8 Å². The maximum Gasteiger partial charge on any atom is 0.179 e. The molecule has 3 aromatic rings. The van der Waals surface area contributed by atoms with Gasteiger partial charge in [-0.05, 0) is 38.0 Å². The Hall–Kier alpha value is -2.00. The smallest absolute Gasteiger partial charge is 0.179 e. The predicted molar refractivity (Wildman–Crippen MR) is 86.6 cm³/mol. The van der Waals surface area contributed by atoms with Gasteiger partial charge in [0.1, 0.15) is 10.8 Å². The van der Waals surface area contributed by atoms with E-state index in [1.165, 1.54) is 0 Å². The highest BCUT2D eigenvalue weighted by Gasteiger charge is 2.12. The summed E-state index contributed by atoms with van der Waals surface area (Å²) in [6.45, 7) is 6.09. The summed E-state index contributed by atoms with van der Waals surface area (Å²) in [7, 11) is 0. The van der Waals surface area contributed by atoms with E-state index in [2.05, 4.69) is 34.9 Å². The van der Waals surface area contributed by atoms with Gasteiger partial charge in [-0.2, -0.15) is 0 Å². The van der Waals surface area contributed by atoms with Crippen molar-refractivity contribution in [2.24, 2.45) is 0 Å². The van der Waals surface area contributed by atoms with Gasteiger partial charge in [-0.3, -0.25) is 0 Å². The van der Waals surface area contributed by atoms with Crippen molar-refractivity contribution >= 4 is 22.5 Å². The van der Waals surface area contributed by atoms with Crippen molar-refractivity contribution < 1.29 is 0 Å². The van der Waals surface area contributed by atoms with E-state index in [0.29, 0.717) is 11.0 Å². The van der Waals surface area contributed by atoms with E-state index in [1.54, 1.807) is 0 Å². The summed E-state index contributed by atoms with van der Waals surface area (Å²) >= 11 is 6.23. The fourth-order valence-electron chi connectivity index (χ4n) is 2.46. The quantitative estimate of drug-likeness (QED) is 0.653. The minimum Gasteiger partial charge on any atom is -0.244 e. The first-order chi connectivity index (χ1) is 10.1. The molecule has 0 saturated heterocycles. The second kappa shape index (κ2) is 5.41. The van der Waals surface area contributed by atoms with Crippen LogP contribution in [0.4, 0.5) is 0 Å². The second-order valence-electron chi connectivity index (χ2n) is 5.10. The van der Waals surface area contributed by atoms with Gasteiger partial charge in [0.25, 0.3) is 0 Å². The topological polar surface area (TPSA) is 38.7 Å². The maximum atomic E-state index is 6.23. The first kappa shape index (κ1) is 14.0. The largest absolute Gasteiger partial charge is 0.244 e. The van der Waals surface area contributed by atoms with Crippen LogP contribution >= 0.6 is 11.6 Å². The molecule has 0 N–H and O–H groups in total. The number of hydrogen-bond donors (Lipinski definition) is 0. The molecular formula is C17H16ClN3. The lowest BCUT2D eigenvalue weighted by atomic mass is 10.1. The molecule has 0 aliphatic heterocycles. The van der Waals surface area contributed by atoms with Crippen molar-refractivity contribution in [3.05, 3.63) is 52.3 Å². The van der Waals surface area contributed by atoms with Gasteiger partial charge < -0.3 is 0 Å². The van der Waals surface area contributed by atoms with Crippen LogP contribution in [0.3, 0.4) is 0 Å². The fraction of sp³-hybridized carbons (Fsp3) is 0.235. The molecule has 3 nitrogen and oxygen atoms in total. The normalized spacial score (nSPS) is 11.0. The Kier molecular flexibility index (Phi) is 3.60. The van der Waals surface area contributed by atoms with Gasteiger partial charge >= 0.3 is 0 Å². The van der Waals surface area contributed by atoms with Crippen molar-refractivity contribution in [2.45, 2.75) is 27.2 Å². The molecule has 0 atom stereocenters. The number of rotatable bonds is 2. The van der Waals surface area contributed by atoms with Crippen LogP contribution in [0.25, 0.3) is 22.4 Å². The second-order valence-corrected chi connectivity index (χ2v) is 5.46. The highest BCUT2D eigenvalue weighted by atomic mass is 35.5. The van der Waals surface area contributed by atoms with Crippen LogP contribution < -0.4 is 0 Å². The van der Waals surface area contributed by atoms with E-state index < -0.39 is 0 Å². The van der Waals surface area contributed by atoms with Crippen LogP contribution in [-0.2, 0) is 6.42 Å². The zero-order valence-electron chi connectivity index (χ0n) is 12.3.